The maximum atomic E-state index is 12.5. The van der Waals surface area contributed by atoms with Crippen LogP contribution < -0.4 is 5.32 Å². The van der Waals surface area contributed by atoms with Gasteiger partial charge in [0.15, 0.2) is 5.11 Å². The molecule has 0 amide bonds. The summed E-state index contributed by atoms with van der Waals surface area (Å²) in [6.45, 7) is 10.9. The van der Waals surface area contributed by atoms with Crippen LogP contribution in [-0.2, 0) is 16.0 Å². The average molecular weight is 477 g/mol. The first-order valence-corrected chi connectivity index (χ1v) is 12.2. The van der Waals surface area contributed by atoms with Crippen molar-refractivity contribution in [1.82, 2.24) is 19.8 Å². The van der Waals surface area contributed by atoms with E-state index in [1.807, 2.05) is 30.0 Å². The molecule has 0 bridgehead atoms. The van der Waals surface area contributed by atoms with E-state index >= 15 is 0 Å². The molecule has 7 heteroatoms. The van der Waals surface area contributed by atoms with Crippen LogP contribution in [-0.4, -0.2) is 38.7 Å². The van der Waals surface area contributed by atoms with Gasteiger partial charge in [0.2, 0.25) is 0 Å². The highest BCUT2D eigenvalue weighted by Crippen LogP contribution is 2.41. The minimum Gasteiger partial charge on any atom is -0.465 e. The molecule has 0 spiro atoms. The quantitative estimate of drug-likeness (QED) is 0.387. The number of thiocarbonyl (C=S) groups is 1. The van der Waals surface area contributed by atoms with Crippen LogP contribution in [0, 0.1) is 20.8 Å². The Morgan fingerprint density at radius 2 is 1.94 bits per heavy atom. The molecule has 0 unspecified atom stereocenters. The molecule has 0 aliphatic carbocycles. The Bertz CT molecular complexity index is 1200. The molecule has 178 valence electrons. The minimum atomic E-state index is -0.292. The molecule has 4 rings (SSSR count). The van der Waals surface area contributed by atoms with Crippen LogP contribution in [0.15, 0.2) is 48.7 Å². The third kappa shape index (κ3) is 4.32. The number of benzene rings is 1. The first kappa shape index (κ1) is 24.0. The van der Waals surface area contributed by atoms with Crippen LogP contribution in [0.3, 0.4) is 0 Å². The van der Waals surface area contributed by atoms with Crippen molar-refractivity contribution in [1.29, 1.82) is 0 Å². The molecule has 1 N–H and O–H groups in total. The Balaban J connectivity index is 1.86. The zero-order chi connectivity index (χ0) is 24.4. The maximum absolute atomic E-state index is 12.5. The van der Waals surface area contributed by atoms with Gasteiger partial charge in [0, 0.05) is 17.6 Å². The molecule has 1 fully saturated rings. The second kappa shape index (κ2) is 9.97. The predicted octanol–water partition coefficient (Wildman–Crippen LogP) is 4.90. The molecule has 6 nitrogen and oxygen atoms in total. The first-order chi connectivity index (χ1) is 16.4. The second-order valence-electron chi connectivity index (χ2n) is 8.66. The van der Waals surface area contributed by atoms with Crippen LogP contribution in [0.5, 0.6) is 0 Å². The molecule has 3 aromatic rings. The molecule has 0 radical (unpaired) electrons. The summed E-state index contributed by atoms with van der Waals surface area (Å²) in [4.78, 5) is 19.0. The zero-order valence-electron chi connectivity index (χ0n) is 20.5. The van der Waals surface area contributed by atoms with Crippen LogP contribution >= 0.6 is 12.2 Å². The number of hydrogen-bond donors (Lipinski definition) is 1. The molecule has 34 heavy (non-hydrogen) atoms. The van der Waals surface area contributed by atoms with E-state index in [1.165, 1.54) is 16.8 Å². The van der Waals surface area contributed by atoms with Gasteiger partial charge in [-0.05, 0) is 81.2 Å². The van der Waals surface area contributed by atoms with Gasteiger partial charge >= 0.3 is 5.97 Å². The Kier molecular flexibility index (Phi) is 7.03. The van der Waals surface area contributed by atoms with Gasteiger partial charge in [-0.25, -0.2) is 0 Å². The smallest absolute Gasteiger partial charge is 0.325 e. The number of aryl methyl sites for hydroxylation is 3. The lowest BCUT2D eigenvalue weighted by Crippen LogP contribution is -2.35. The topological polar surface area (TPSA) is 59.4 Å². The van der Waals surface area contributed by atoms with E-state index in [2.05, 4.69) is 66.8 Å². The van der Waals surface area contributed by atoms with E-state index in [4.69, 9.17) is 17.0 Å². The van der Waals surface area contributed by atoms with Crippen LogP contribution in [0.2, 0.25) is 0 Å². The molecule has 0 saturated carbocycles. The van der Waals surface area contributed by atoms with Gasteiger partial charge < -0.3 is 19.5 Å². The van der Waals surface area contributed by atoms with E-state index in [0.29, 0.717) is 11.7 Å². The maximum Gasteiger partial charge on any atom is 0.325 e. The van der Waals surface area contributed by atoms with Gasteiger partial charge in [0.05, 0.1) is 30.1 Å². The molecular weight excluding hydrogens is 444 g/mol. The van der Waals surface area contributed by atoms with E-state index in [0.717, 1.165) is 29.1 Å². The highest BCUT2D eigenvalue weighted by atomic mass is 32.1. The third-order valence-electron chi connectivity index (χ3n) is 6.52. The number of nitrogens with one attached hydrogen (secondary N) is 1. The molecule has 1 aliphatic heterocycles. The summed E-state index contributed by atoms with van der Waals surface area (Å²) in [7, 11) is 0. The Morgan fingerprint density at radius 3 is 2.62 bits per heavy atom. The standard InChI is InChI=1S/C27H32N4O2S/c1-6-20-12-10-11-17(3)25(20)31-18(4)15-21(19(31)5)26-24(22-13-8-9-14-28-22)29-27(34)30(26)16-23(32)33-7-2/h8-15,24,26H,6-7,16H2,1-5H3,(H,29,34)/t24-,26+/m1/s1. The summed E-state index contributed by atoms with van der Waals surface area (Å²) in [6.07, 6.45) is 2.74. The van der Waals surface area contributed by atoms with Crippen molar-refractivity contribution in [2.24, 2.45) is 0 Å². The van der Waals surface area contributed by atoms with E-state index in [1.54, 1.807) is 6.20 Å². The van der Waals surface area contributed by atoms with Crippen molar-refractivity contribution < 1.29 is 9.53 Å². The van der Waals surface area contributed by atoms with Crippen molar-refractivity contribution in [2.75, 3.05) is 13.2 Å². The minimum absolute atomic E-state index is 0.0852. The van der Waals surface area contributed by atoms with Crippen LogP contribution in [0.1, 0.15) is 59.7 Å². The number of pyridine rings is 1. The summed E-state index contributed by atoms with van der Waals surface area (Å²) >= 11 is 5.71. The summed E-state index contributed by atoms with van der Waals surface area (Å²) < 4.78 is 7.60. The lowest BCUT2D eigenvalue weighted by atomic mass is 9.96. The molecule has 3 heterocycles. The monoisotopic (exact) mass is 476 g/mol. The van der Waals surface area contributed by atoms with Crippen molar-refractivity contribution in [3.05, 3.63) is 82.4 Å². The Morgan fingerprint density at radius 1 is 1.15 bits per heavy atom. The van der Waals surface area contributed by atoms with Gasteiger partial charge in [0.1, 0.15) is 6.54 Å². The number of para-hydroxylation sites is 1. The van der Waals surface area contributed by atoms with Gasteiger partial charge in [0.25, 0.3) is 0 Å². The Hall–Kier alpha value is -3.19. The number of rotatable bonds is 7. The number of esters is 1. The normalized spacial score (nSPS) is 17.7. The number of aromatic nitrogens is 2. The number of carbonyl (C=O) groups excluding carboxylic acids is 1. The molecule has 1 saturated heterocycles. The first-order valence-electron chi connectivity index (χ1n) is 11.8. The van der Waals surface area contributed by atoms with Crippen LogP contribution in [0.25, 0.3) is 5.69 Å². The average Bonchev–Trinajstić information content (AvgIpc) is 3.29. The fraction of sp³-hybridized carbons (Fsp3) is 0.370. The number of ether oxygens (including phenoxy) is 1. The van der Waals surface area contributed by atoms with Gasteiger partial charge in [-0.1, -0.05) is 31.2 Å². The second-order valence-corrected chi connectivity index (χ2v) is 9.04. The molecular formula is C27H32N4O2S. The molecule has 2 atom stereocenters. The summed E-state index contributed by atoms with van der Waals surface area (Å²) in [5.41, 5.74) is 8.05. The van der Waals surface area contributed by atoms with E-state index in [9.17, 15) is 4.79 Å². The predicted molar refractivity (Wildman–Crippen MR) is 138 cm³/mol. The summed E-state index contributed by atoms with van der Waals surface area (Å²) in [5, 5.41) is 3.95. The van der Waals surface area contributed by atoms with Gasteiger partial charge in [-0.2, -0.15) is 0 Å². The summed E-state index contributed by atoms with van der Waals surface area (Å²) in [5.74, 6) is -0.292. The molecule has 1 aliphatic rings. The highest BCUT2D eigenvalue weighted by Gasteiger charge is 2.42. The number of nitrogens with zero attached hydrogens (tertiary/aromatic N) is 3. The number of hydrogen-bond acceptors (Lipinski definition) is 4. The molecule has 1 aromatic carbocycles. The Labute approximate surface area is 207 Å². The van der Waals surface area contributed by atoms with Gasteiger partial charge in [-0.15, -0.1) is 0 Å². The lowest BCUT2D eigenvalue weighted by Gasteiger charge is -2.27. The van der Waals surface area contributed by atoms with Crippen molar-refractivity contribution in [2.45, 2.75) is 53.1 Å². The van der Waals surface area contributed by atoms with Crippen LogP contribution in [0.4, 0.5) is 0 Å². The summed E-state index contributed by atoms with van der Waals surface area (Å²) in [6, 6.07) is 14.2. The van der Waals surface area contributed by atoms with Crippen molar-refractivity contribution in [3.8, 4) is 5.69 Å². The fourth-order valence-corrected chi connectivity index (χ4v) is 5.32. The largest absolute Gasteiger partial charge is 0.465 e. The SMILES string of the molecule is CCOC(=O)CN1C(=S)N[C@H](c2ccccn2)[C@@H]1c1cc(C)n(-c2c(C)cccc2CC)c1C. The fourth-order valence-electron chi connectivity index (χ4n) is 5.02. The van der Waals surface area contributed by atoms with E-state index in [-0.39, 0.29) is 24.6 Å². The zero-order valence-corrected chi connectivity index (χ0v) is 21.3. The van der Waals surface area contributed by atoms with Gasteiger partial charge in [-0.3, -0.25) is 9.78 Å². The van der Waals surface area contributed by atoms with E-state index < -0.39 is 0 Å². The third-order valence-corrected chi connectivity index (χ3v) is 6.87. The highest BCUT2D eigenvalue weighted by molar-refractivity contribution is 7.80. The van der Waals surface area contributed by atoms with Crippen molar-refractivity contribution in [3.63, 3.8) is 0 Å². The molecule has 2 aromatic heterocycles. The lowest BCUT2D eigenvalue weighted by molar-refractivity contribution is -0.143. The number of carbonyl (C=O) groups is 1. The van der Waals surface area contributed by atoms with Crippen molar-refractivity contribution >= 4 is 23.3 Å².